The van der Waals surface area contributed by atoms with E-state index in [-0.39, 0.29) is 11.5 Å². The summed E-state index contributed by atoms with van der Waals surface area (Å²) in [5.74, 6) is 0. The van der Waals surface area contributed by atoms with Gasteiger partial charge in [0.2, 0.25) is 0 Å². The first-order chi connectivity index (χ1) is 5.73. The second kappa shape index (κ2) is 2.82. The van der Waals surface area contributed by atoms with Crippen molar-refractivity contribution >= 4 is 11.3 Å². The minimum Gasteiger partial charge on any atom is -0.393 e. The third kappa shape index (κ3) is 1.39. The van der Waals surface area contributed by atoms with E-state index in [4.69, 9.17) is 0 Å². The van der Waals surface area contributed by atoms with Crippen LogP contribution in [0.3, 0.4) is 0 Å². The zero-order chi connectivity index (χ0) is 8.60. The summed E-state index contributed by atoms with van der Waals surface area (Å²) in [6.45, 7) is 1.89. The van der Waals surface area contributed by atoms with Crippen LogP contribution < -0.4 is 0 Å². The maximum absolute atomic E-state index is 9.52. The molecule has 1 unspecified atom stereocenters. The van der Waals surface area contributed by atoms with Gasteiger partial charge in [-0.3, -0.25) is 0 Å². The molecule has 0 spiro atoms. The third-order valence-corrected chi connectivity index (χ3v) is 3.43. The molecule has 66 valence electrons. The van der Waals surface area contributed by atoms with Crippen LogP contribution in [0.4, 0.5) is 0 Å². The molecular formula is C9H13NOS. The lowest BCUT2D eigenvalue weighted by molar-refractivity contribution is 0.110. The van der Waals surface area contributed by atoms with E-state index >= 15 is 0 Å². The van der Waals surface area contributed by atoms with Gasteiger partial charge in [0.05, 0.1) is 17.3 Å². The standard InChI is InChI=1S/C9H13NOS/c1-7(11)9(2-3-9)4-8-5-12-6-10-8/h5-7,11H,2-4H2,1H3. The van der Waals surface area contributed by atoms with Crippen LogP contribution >= 0.6 is 11.3 Å². The highest BCUT2D eigenvalue weighted by Gasteiger charge is 2.46. The Labute approximate surface area is 76.3 Å². The maximum Gasteiger partial charge on any atom is 0.0794 e. The monoisotopic (exact) mass is 183 g/mol. The van der Waals surface area contributed by atoms with Gasteiger partial charge in [0, 0.05) is 10.8 Å². The fourth-order valence-electron chi connectivity index (χ4n) is 1.59. The molecule has 0 saturated heterocycles. The lowest BCUT2D eigenvalue weighted by Crippen LogP contribution is -2.20. The minimum atomic E-state index is -0.181. The van der Waals surface area contributed by atoms with E-state index in [0.29, 0.717) is 0 Å². The van der Waals surface area contributed by atoms with Crippen molar-refractivity contribution in [3.05, 3.63) is 16.6 Å². The Hall–Kier alpha value is -0.410. The molecule has 1 aliphatic carbocycles. The molecule has 0 bridgehead atoms. The zero-order valence-corrected chi connectivity index (χ0v) is 7.97. The Morgan fingerprint density at radius 3 is 2.92 bits per heavy atom. The molecule has 1 saturated carbocycles. The second-order valence-electron chi connectivity index (χ2n) is 3.69. The molecule has 1 aliphatic rings. The van der Waals surface area contributed by atoms with Gasteiger partial charge in [0.15, 0.2) is 0 Å². The van der Waals surface area contributed by atoms with E-state index < -0.39 is 0 Å². The molecule has 2 rings (SSSR count). The highest BCUT2D eigenvalue weighted by Crippen LogP contribution is 2.51. The van der Waals surface area contributed by atoms with Crippen molar-refractivity contribution in [2.75, 3.05) is 0 Å². The largest absolute Gasteiger partial charge is 0.393 e. The van der Waals surface area contributed by atoms with Crippen molar-refractivity contribution in [2.45, 2.75) is 32.3 Å². The van der Waals surface area contributed by atoms with Crippen LogP contribution in [0.15, 0.2) is 10.9 Å². The average Bonchev–Trinajstić information content (AvgIpc) is 2.60. The Kier molecular flexibility index (Phi) is 1.93. The Morgan fingerprint density at radius 1 is 1.75 bits per heavy atom. The highest BCUT2D eigenvalue weighted by atomic mass is 32.1. The topological polar surface area (TPSA) is 33.1 Å². The van der Waals surface area contributed by atoms with Crippen molar-refractivity contribution in [2.24, 2.45) is 5.41 Å². The van der Waals surface area contributed by atoms with Crippen molar-refractivity contribution in [3.63, 3.8) is 0 Å². The molecule has 0 radical (unpaired) electrons. The molecule has 0 aliphatic heterocycles. The molecule has 1 aromatic rings. The zero-order valence-electron chi connectivity index (χ0n) is 7.16. The SMILES string of the molecule is CC(O)C1(Cc2cscn2)CC1. The molecule has 12 heavy (non-hydrogen) atoms. The molecule has 0 amide bonds. The first-order valence-corrected chi connectivity index (χ1v) is 5.22. The molecule has 1 fully saturated rings. The molecular weight excluding hydrogens is 170 g/mol. The van der Waals surface area contributed by atoms with Crippen molar-refractivity contribution in [3.8, 4) is 0 Å². The van der Waals surface area contributed by atoms with Gasteiger partial charge in [-0.15, -0.1) is 11.3 Å². The van der Waals surface area contributed by atoms with Gasteiger partial charge in [0.25, 0.3) is 0 Å². The summed E-state index contributed by atoms with van der Waals surface area (Å²) >= 11 is 1.63. The van der Waals surface area contributed by atoms with Crippen LogP contribution in [-0.4, -0.2) is 16.2 Å². The summed E-state index contributed by atoms with van der Waals surface area (Å²) in [6.07, 6.45) is 3.08. The van der Waals surface area contributed by atoms with Crippen LogP contribution in [0.5, 0.6) is 0 Å². The fourth-order valence-corrected chi connectivity index (χ4v) is 2.15. The van der Waals surface area contributed by atoms with Gasteiger partial charge in [-0.1, -0.05) is 0 Å². The molecule has 3 heteroatoms. The highest BCUT2D eigenvalue weighted by molar-refractivity contribution is 7.07. The van der Waals surface area contributed by atoms with Crippen LogP contribution in [0, 0.1) is 5.41 Å². The predicted octanol–water partition coefficient (Wildman–Crippen LogP) is 1.85. The van der Waals surface area contributed by atoms with Crippen molar-refractivity contribution in [1.29, 1.82) is 0 Å². The summed E-state index contributed by atoms with van der Waals surface area (Å²) in [5, 5.41) is 11.6. The summed E-state index contributed by atoms with van der Waals surface area (Å²) in [4.78, 5) is 4.23. The molecule has 1 N–H and O–H groups in total. The van der Waals surface area contributed by atoms with E-state index in [2.05, 4.69) is 10.4 Å². The van der Waals surface area contributed by atoms with Gasteiger partial charge in [-0.05, 0) is 26.2 Å². The number of aliphatic hydroxyl groups is 1. The van der Waals surface area contributed by atoms with Gasteiger partial charge in [-0.25, -0.2) is 4.98 Å². The average molecular weight is 183 g/mol. The number of rotatable bonds is 3. The Bertz CT molecular complexity index is 252. The lowest BCUT2D eigenvalue weighted by Gasteiger charge is -2.16. The van der Waals surface area contributed by atoms with E-state index in [1.54, 1.807) is 11.3 Å². The summed E-state index contributed by atoms with van der Waals surface area (Å²) < 4.78 is 0. The molecule has 1 atom stereocenters. The first-order valence-electron chi connectivity index (χ1n) is 4.28. The Morgan fingerprint density at radius 2 is 2.50 bits per heavy atom. The third-order valence-electron chi connectivity index (χ3n) is 2.80. The summed E-state index contributed by atoms with van der Waals surface area (Å²) in [7, 11) is 0. The normalized spacial score (nSPS) is 22.2. The first kappa shape index (κ1) is 8.20. The van der Waals surface area contributed by atoms with Crippen LogP contribution in [-0.2, 0) is 6.42 Å². The smallest absolute Gasteiger partial charge is 0.0794 e. The maximum atomic E-state index is 9.52. The predicted molar refractivity (Wildman–Crippen MR) is 49.2 cm³/mol. The number of hydrogen-bond acceptors (Lipinski definition) is 3. The number of aromatic nitrogens is 1. The van der Waals surface area contributed by atoms with E-state index in [9.17, 15) is 5.11 Å². The fraction of sp³-hybridized carbons (Fsp3) is 0.667. The lowest BCUT2D eigenvalue weighted by atomic mass is 9.95. The summed E-state index contributed by atoms with van der Waals surface area (Å²) in [5.41, 5.74) is 3.17. The molecule has 0 aromatic carbocycles. The molecule has 1 heterocycles. The second-order valence-corrected chi connectivity index (χ2v) is 4.41. The van der Waals surface area contributed by atoms with Crippen molar-refractivity contribution in [1.82, 2.24) is 4.98 Å². The Balaban J connectivity index is 2.04. The quantitative estimate of drug-likeness (QED) is 0.775. The van der Waals surface area contributed by atoms with Gasteiger partial charge in [-0.2, -0.15) is 0 Å². The number of nitrogens with zero attached hydrogens (tertiary/aromatic N) is 1. The van der Waals surface area contributed by atoms with Gasteiger partial charge < -0.3 is 5.11 Å². The number of hydrogen-bond donors (Lipinski definition) is 1. The van der Waals surface area contributed by atoms with Crippen LogP contribution in [0.25, 0.3) is 0 Å². The molecule has 1 aromatic heterocycles. The van der Waals surface area contributed by atoms with Crippen LogP contribution in [0.2, 0.25) is 0 Å². The van der Waals surface area contributed by atoms with E-state index in [0.717, 1.165) is 25.0 Å². The van der Waals surface area contributed by atoms with E-state index in [1.165, 1.54) is 0 Å². The van der Waals surface area contributed by atoms with Gasteiger partial charge in [0.1, 0.15) is 0 Å². The molecule has 2 nitrogen and oxygen atoms in total. The van der Waals surface area contributed by atoms with Gasteiger partial charge >= 0.3 is 0 Å². The number of aliphatic hydroxyl groups excluding tert-OH is 1. The van der Waals surface area contributed by atoms with E-state index in [1.807, 2.05) is 12.4 Å². The minimum absolute atomic E-state index is 0.175. The van der Waals surface area contributed by atoms with Crippen LogP contribution in [0.1, 0.15) is 25.5 Å². The van der Waals surface area contributed by atoms with Crippen molar-refractivity contribution < 1.29 is 5.11 Å². The number of thiazole rings is 1. The summed E-state index contributed by atoms with van der Waals surface area (Å²) in [6, 6.07) is 0.